The van der Waals surface area contributed by atoms with Gasteiger partial charge in [0, 0.05) is 11.5 Å². The number of likely N-dealkylation sites (tertiary alicyclic amines) is 1. The molecule has 0 bridgehead atoms. The Balaban J connectivity index is 2.41. The second-order valence-electron chi connectivity index (χ2n) is 5.89. The molecule has 1 aromatic rings. The third-order valence-electron chi connectivity index (χ3n) is 4.56. The summed E-state index contributed by atoms with van der Waals surface area (Å²) in [6.07, 6.45) is 2.28. The number of nitro groups is 1. The topological polar surface area (TPSA) is 72.7 Å². The number of amides is 1. The van der Waals surface area contributed by atoms with Gasteiger partial charge in [-0.25, -0.2) is 0 Å². The average Bonchev–Trinajstić information content (AvgIpc) is 2.85. The highest BCUT2D eigenvalue weighted by molar-refractivity contribution is 5.82. The summed E-state index contributed by atoms with van der Waals surface area (Å²) in [7, 11) is 1.58. The highest BCUT2D eigenvalue weighted by atomic mass is 16.6. The number of hydrogen-bond acceptors (Lipinski definition) is 4. The van der Waals surface area contributed by atoms with E-state index < -0.39 is 18.0 Å². The zero-order valence-corrected chi connectivity index (χ0v) is 13.9. The van der Waals surface area contributed by atoms with E-state index in [4.69, 9.17) is 4.74 Å². The first-order valence-electron chi connectivity index (χ1n) is 8.13. The van der Waals surface area contributed by atoms with Crippen LogP contribution in [0.3, 0.4) is 0 Å². The molecule has 1 aliphatic rings. The molecule has 3 atom stereocenters. The molecule has 0 spiro atoms. The van der Waals surface area contributed by atoms with E-state index >= 15 is 0 Å². The largest absolute Gasteiger partial charge is 0.497 e. The van der Waals surface area contributed by atoms with Gasteiger partial charge in [-0.1, -0.05) is 32.4 Å². The van der Waals surface area contributed by atoms with E-state index in [0.717, 1.165) is 18.4 Å². The van der Waals surface area contributed by atoms with Crippen molar-refractivity contribution in [3.05, 3.63) is 39.9 Å². The van der Waals surface area contributed by atoms with Gasteiger partial charge in [-0.15, -0.1) is 0 Å². The maximum Gasteiger partial charge on any atom is 0.248 e. The molecule has 0 N–H and O–H groups in total. The normalized spacial score (nSPS) is 24.0. The fourth-order valence-corrected chi connectivity index (χ4v) is 3.33. The summed E-state index contributed by atoms with van der Waals surface area (Å²) in [5.41, 5.74) is 0.799. The molecule has 126 valence electrons. The van der Waals surface area contributed by atoms with Crippen molar-refractivity contribution in [3.8, 4) is 5.75 Å². The first-order chi connectivity index (χ1) is 11.0. The lowest BCUT2D eigenvalue weighted by atomic mass is 9.92. The van der Waals surface area contributed by atoms with Crippen LogP contribution in [-0.2, 0) is 4.79 Å². The first kappa shape index (κ1) is 17.2. The van der Waals surface area contributed by atoms with Gasteiger partial charge in [-0.05, 0) is 30.5 Å². The summed E-state index contributed by atoms with van der Waals surface area (Å²) >= 11 is 0. The number of ether oxygens (including phenoxy) is 1. The van der Waals surface area contributed by atoms with Gasteiger partial charge in [0.1, 0.15) is 17.7 Å². The first-order valence-corrected chi connectivity index (χ1v) is 8.13. The Kier molecular flexibility index (Phi) is 5.58. The van der Waals surface area contributed by atoms with Crippen molar-refractivity contribution in [2.24, 2.45) is 5.92 Å². The Morgan fingerprint density at radius 1 is 1.26 bits per heavy atom. The van der Waals surface area contributed by atoms with Gasteiger partial charge in [-0.2, -0.15) is 0 Å². The van der Waals surface area contributed by atoms with Crippen LogP contribution in [0.4, 0.5) is 0 Å². The molecule has 0 radical (unpaired) electrons. The van der Waals surface area contributed by atoms with Crippen LogP contribution in [0, 0.1) is 16.0 Å². The van der Waals surface area contributed by atoms with Crippen molar-refractivity contribution in [2.75, 3.05) is 13.7 Å². The van der Waals surface area contributed by atoms with Gasteiger partial charge in [-0.3, -0.25) is 14.9 Å². The number of carbonyl (C=O) groups excluding carboxylic acids is 1. The minimum absolute atomic E-state index is 0.0940. The third-order valence-corrected chi connectivity index (χ3v) is 4.56. The van der Waals surface area contributed by atoms with Crippen molar-refractivity contribution in [1.82, 2.24) is 4.90 Å². The molecule has 6 nitrogen and oxygen atoms in total. The van der Waals surface area contributed by atoms with E-state index in [1.54, 1.807) is 24.1 Å². The summed E-state index contributed by atoms with van der Waals surface area (Å²) in [5.74, 6) is 0.0558. The van der Waals surface area contributed by atoms with Crippen LogP contribution >= 0.6 is 0 Å². The number of carbonyl (C=O) groups is 1. The molecule has 1 aromatic carbocycles. The fourth-order valence-electron chi connectivity index (χ4n) is 3.33. The van der Waals surface area contributed by atoms with Crippen LogP contribution in [0.15, 0.2) is 24.3 Å². The van der Waals surface area contributed by atoms with Crippen molar-refractivity contribution in [3.63, 3.8) is 0 Å². The van der Waals surface area contributed by atoms with E-state index in [2.05, 4.69) is 0 Å². The Morgan fingerprint density at radius 2 is 1.91 bits per heavy atom. The number of methoxy groups -OCH3 is 1. The second kappa shape index (κ2) is 7.44. The minimum atomic E-state index is -0.891. The molecular formula is C17H24N2O4. The summed E-state index contributed by atoms with van der Waals surface area (Å²) in [6, 6.07) is 5.83. The molecule has 2 rings (SSSR count). The Hall–Kier alpha value is -2.11. The number of hydrogen-bond donors (Lipinski definition) is 0. The molecule has 0 saturated carbocycles. The number of nitrogens with zero attached hydrogens (tertiary/aromatic N) is 2. The van der Waals surface area contributed by atoms with Gasteiger partial charge < -0.3 is 9.64 Å². The van der Waals surface area contributed by atoms with Crippen LogP contribution in [-0.4, -0.2) is 35.4 Å². The third kappa shape index (κ3) is 3.30. The molecular weight excluding hydrogens is 296 g/mol. The monoisotopic (exact) mass is 320 g/mol. The van der Waals surface area contributed by atoms with Crippen LogP contribution in [0.5, 0.6) is 5.75 Å². The van der Waals surface area contributed by atoms with Crippen molar-refractivity contribution < 1.29 is 14.5 Å². The van der Waals surface area contributed by atoms with E-state index in [1.807, 2.05) is 26.0 Å². The molecule has 6 heteroatoms. The number of rotatable bonds is 7. The predicted octanol–water partition coefficient (Wildman–Crippen LogP) is 3.05. The van der Waals surface area contributed by atoms with Gasteiger partial charge in [0.2, 0.25) is 11.9 Å². The van der Waals surface area contributed by atoms with Crippen LogP contribution in [0.2, 0.25) is 0 Å². The predicted molar refractivity (Wildman–Crippen MR) is 86.9 cm³/mol. The highest BCUT2D eigenvalue weighted by Gasteiger charge is 2.54. The molecule has 1 saturated heterocycles. The molecule has 23 heavy (non-hydrogen) atoms. The van der Waals surface area contributed by atoms with Crippen LogP contribution in [0.1, 0.15) is 44.7 Å². The summed E-state index contributed by atoms with van der Waals surface area (Å²) < 4.78 is 5.15. The smallest absolute Gasteiger partial charge is 0.248 e. The Morgan fingerprint density at radius 3 is 2.39 bits per heavy atom. The van der Waals surface area contributed by atoms with E-state index in [0.29, 0.717) is 18.7 Å². The minimum Gasteiger partial charge on any atom is -0.497 e. The molecule has 1 fully saturated rings. The molecule has 1 amide bonds. The van der Waals surface area contributed by atoms with Crippen LogP contribution < -0.4 is 4.74 Å². The van der Waals surface area contributed by atoms with Crippen molar-refractivity contribution in [1.29, 1.82) is 0 Å². The molecule has 0 aliphatic carbocycles. The lowest BCUT2D eigenvalue weighted by molar-refractivity contribution is -0.533. The van der Waals surface area contributed by atoms with Gasteiger partial charge in [0.05, 0.1) is 7.11 Å². The molecule has 1 heterocycles. The maximum atomic E-state index is 12.7. The fraction of sp³-hybridized carbons (Fsp3) is 0.588. The van der Waals surface area contributed by atoms with E-state index in [-0.39, 0.29) is 10.8 Å². The van der Waals surface area contributed by atoms with Gasteiger partial charge >= 0.3 is 0 Å². The summed E-state index contributed by atoms with van der Waals surface area (Å²) in [6.45, 7) is 4.45. The SMILES string of the molecule is CCCCN1C(=O)[C@H](CC)[C@@H]([N+](=O)[O-])[C@@H]1c1ccc(OC)cc1. The lowest BCUT2D eigenvalue weighted by Crippen LogP contribution is -2.33. The Labute approximate surface area is 136 Å². The second-order valence-corrected chi connectivity index (χ2v) is 5.89. The highest BCUT2D eigenvalue weighted by Crippen LogP contribution is 2.40. The van der Waals surface area contributed by atoms with Crippen molar-refractivity contribution >= 4 is 5.91 Å². The maximum absolute atomic E-state index is 12.7. The lowest BCUT2D eigenvalue weighted by Gasteiger charge is -2.25. The van der Waals surface area contributed by atoms with Gasteiger partial charge in [0.25, 0.3) is 0 Å². The van der Waals surface area contributed by atoms with Crippen molar-refractivity contribution in [2.45, 2.75) is 45.2 Å². The molecule has 1 aliphatic heterocycles. The van der Waals surface area contributed by atoms with E-state index in [9.17, 15) is 14.9 Å². The standard InChI is InChI=1S/C17H24N2O4/c1-4-6-11-18-15(12-7-9-13(23-3)10-8-12)16(19(21)22)14(5-2)17(18)20/h7-10,14-16H,4-6,11H2,1-3H3/t14-,15+,16-/m1/s1. The summed E-state index contributed by atoms with van der Waals surface area (Å²) in [5, 5.41) is 11.6. The average molecular weight is 320 g/mol. The number of unbranched alkanes of at least 4 members (excludes halogenated alkanes) is 1. The quantitative estimate of drug-likeness (QED) is 0.572. The zero-order chi connectivity index (χ0) is 17.0. The summed E-state index contributed by atoms with van der Waals surface area (Å²) in [4.78, 5) is 25.7. The van der Waals surface area contributed by atoms with Crippen LogP contribution in [0.25, 0.3) is 0 Å². The van der Waals surface area contributed by atoms with Gasteiger partial charge in [0.15, 0.2) is 0 Å². The molecule has 0 aromatic heterocycles. The Bertz CT molecular complexity index is 558. The van der Waals surface area contributed by atoms with E-state index in [1.165, 1.54) is 0 Å². The molecule has 0 unspecified atom stereocenters. The zero-order valence-electron chi connectivity index (χ0n) is 13.9. The number of benzene rings is 1.